The first kappa shape index (κ1) is 8.05. The molecule has 1 heterocycles. The number of aromatic nitrogens is 1. The molecule has 0 aliphatic heterocycles. The molecule has 1 aromatic heterocycles. The number of hydrogen-bond donors (Lipinski definition) is 0. The van der Waals surface area contributed by atoms with E-state index in [1.165, 1.54) is 5.56 Å². The predicted octanol–water partition coefficient (Wildman–Crippen LogP) is 2.96. The Labute approximate surface area is 77.2 Å². The quantitative estimate of drug-likeness (QED) is 0.662. The molecular formula is C11H11NO. The molecule has 2 heteroatoms. The Morgan fingerprint density at radius 2 is 2.08 bits per heavy atom. The fourth-order valence-corrected chi connectivity index (χ4v) is 1.29. The summed E-state index contributed by atoms with van der Waals surface area (Å²) in [6.45, 7) is 3.91. The normalized spacial score (nSPS) is 10.3. The van der Waals surface area contributed by atoms with E-state index in [9.17, 15) is 0 Å². The van der Waals surface area contributed by atoms with E-state index in [1.54, 1.807) is 6.20 Å². The smallest absolute Gasteiger partial charge is 0.191 e. The van der Waals surface area contributed by atoms with E-state index < -0.39 is 0 Å². The molecule has 13 heavy (non-hydrogen) atoms. The van der Waals surface area contributed by atoms with Crippen LogP contribution in [-0.2, 0) is 0 Å². The molecule has 2 rings (SSSR count). The van der Waals surface area contributed by atoms with E-state index in [0.717, 1.165) is 11.3 Å². The molecule has 0 unspecified atom stereocenters. The fourth-order valence-electron chi connectivity index (χ4n) is 1.29. The third kappa shape index (κ3) is 1.61. The molecule has 0 atom stereocenters. The lowest BCUT2D eigenvalue weighted by molar-refractivity contribution is 0.534. The number of rotatable bonds is 1. The number of oxazole rings is 1. The van der Waals surface area contributed by atoms with Crippen molar-refractivity contribution in [2.75, 3.05) is 0 Å². The van der Waals surface area contributed by atoms with E-state index in [1.807, 2.05) is 19.1 Å². The van der Waals surface area contributed by atoms with Crippen LogP contribution >= 0.6 is 0 Å². The second kappa shape index (κ2) is 3.05. The number of aryl methyl sites for hydroxylation is 2. The van der Waals surface area contributed by atoms with Gasteiger partial charge >= 0.3 is 0 Å². The topological polar surface area (TPSA) is 26.0 Å². The van der Waals surface area contributed by atoms with Gasteiger partial charge in [0, 0.05) is 12.5 Å². The summed E-state index contributed by atoms with van der Waals surface area (Å²) in [6.07, 6.45) is 1.75. The van der Waals surface area contributed by atoms with Crippen LogP contribution in [0, 0.1) is 13.8 Å². The van der Waals surface area contributed by atoms with Crippen LogP contribution in [0.2, 0.25) is 0 Å². The summed E-state index contributed by atoms with van der Waals surface area (Å²) in [6, 6.07) is 8.18. The zero-order valence-corrected chi connectivity index (χ0v) is 7.74. The Hall–Kier alpha value is -1.57. The van der Waals surface area contributed by atoms with Crippen molar-refractivity contribution in [2.24, 2.45) is 0 Å². The first-order chi connectivity index (χ1) is 6.25. The molecule has 2 nitrogen and oxygen atoms in total. The van der Waals surface area contributed by atoms with Crippen molar-refractivity contribution in [2.45, 2.75) is 13.8 Å². The lowest BCUT2D eigenvalue weighted by atomic mass is 10.1. The molecular weight excluding hydrogens is 162 g/mol. The van der Waals surface area contributed by atoms with E-state index in [0.29, 0.717) is 5.89 Å². The van der Waals surface area contributed by atoms with Crippen molar-refractivity contribution in [1.82, 2.24) is 4.98 Å². The van der Waals surface area contributed by atoms with Crippen LogP contribution in [0.3, 0.4) is 0 Å². The van der Waals surface area contributed by atoms with Gasteiger partial charge in [0.25, 0.3) is 0 Å². The fraction of sp³-hybridized carbons (Fsp3) is 0.182. The second-order valence-corrected chi connectivity index (χ2v) is 3.11. The summed E-state index contributed by atoms with van der Waals surface area (Å²) in [7, 11) is 0. The van der Waals surface area contributed by atoms with Crippen LogP contribution in [0.1, 0.15) is 11.5 Å². The van der Waals surface area contributed by atoms with Crippen LogP contribution < -0.4 is 0 Å². The zero-order chi connectivity index (χ0) is 9.26. The number of nitrogens with zero attached hydrogens (tertiary/aromatic N) is 1. The molecule has 2 aromatic rings. The van der Waals surface area contributed by atoms with Gasteiger partial charge in [0.05, 0.1) is 6.20 Å². The molecule has 0 N–H and O–H groups in total. The summed E-state index contributed by atoms with van der Waals surface area (Å²) >= 11 is 0. The summed E-state index contributed by atoms with van der Waals surface area (Å²) < 4.78 is 5.41. The first-order valence-electron chi connectivity index (χ1n) is 4.25. The predicted molar refractivity (Wildman–Crippen MR) is 51.4 cm³/mol. The SMILES string of the molecule is Cc1cccc(-c2cnc(C)o2)c1. The summed E-state index contributed by atoms with van der Waals surface area (Å²) in [5.74, 6) is 1.54. The first-order valence-corrected chi connectivity index (χ1v) is 4.25. The average molecular weight is 173 g/mol. The molecule has 0 amide bonds. The highest BCUT2D eigenvalue weighted by Gasteiger charge is 2.02. The minimum atomic E-state index is 0.705. The van der Waals surface area contributed by atoms with Gasteiger partial charge in [-0.15, -0.1) is 0 Å². The minimum Gasteiger partial charge on any atom is -0.441 e. The molecule has 0 saturated heterocycles. The molecule has 0 radical (unpaired) electrons. The Balaban J connectivity index is 2.46. The molecule has 0 aliphatic carbocycles. The molecule has 0 aliphatic rings. The highest BCUT2D eigenvalue weighted by molar-refractivity contribution is 5.57. The van der Waals surface area contributed by atoms with Gasteiger partial charge in [-0.3, -0.25) is 0 Å². The van der Waals surface area contributed by atoms with Crippen molar-refractivity contribution in [1.29, 1.82) is 0 Å². The van der Waals surface area contributed by atoms with Crippen molar-refractivity contribution >= 4 is 0 Å². The third-order valence-corrected chi connectivity index (χ3v) is 1.92. The Morgan fingerprint density at radius 3 is 2.69 bits per heavy atom. The Kier molecular flexibility index (Phi) is 1.89. The lowest BCUT2D eigenvalue weighted by Crippen LogP contribution is -1.75. The highest BCUT2D eigenvalue weighted by atomic mass is 16.4. The van der Waals surface area contributed by atoms with Gasteiger partial charge in [-0.2, -0.15) is 0 Å². The lowest BCUT2D eigenvalue weighted by Gasteiger charge is -1.96. The molecule has 0 bridgehead atoms. The summed E-state index contributed by atoms with van der Waals surface area (Å²) in [4.78, 5) is 4.06. The monoisotopic (exact) mass is 173 g/mol. The van der Waals surface area contributed by atoms with E-state index in [-0.39, 0.29) is 0 Å². The van der Waals surface area contributed by atoms with Crippen molar-refractivity contribution < 1.29 is 4.42 Å². The zero-order valence-electron chi connectivity index (χ0n) is 7.74. The van der Waals surface area contributed by atoms with Gasteiger partial charge in [-0.1, -0.05) is 23.8 Å². The van der Waals surface area contributed by atoms with Crippen molar-refractivity contribution in [3.63, 3.8) is 0 Å². The van der Waals surface area contributed by atoms with Gasteiger partial charge < -0.3 is 4.42 Å². The second-order valence-electron chi connectivity index (χ2n) is 3.11. The van der Waals surface area contributed by atoms with E-state index in [2.05, 4.69) is 24.0 Å². The van der Waals surface area contributed by atoms with Gasteiger partial charge in [0.2, 0.25) is 0 Å². The van der Waals surface area contributed by atoms with Crippen LogP contribution in [0.15, 0.2) is 34.9 Å². The van der Waals surface area contributed by atoms with Gasteiger partial charge in [0.1, 0.15) is 0 Å². The van der Waals surface area contributed by atoms with E-state index >= 15 is 0 Å². The third-order valence-electron chi connectivity index (χ3n) is 1.92. The molecule has 0 fully saturated rings. The average Bonchev–Trinajstić information content (AvgIpc) is 2.52. The van der Waals surface area contributed by atoms with Gasteiger partial charge in [-0.25, -0.2) is 4.98 Å². The maximum atomic E-state index is 5.41. The van der Waals surface area contributed by atoms with Crippen LogP contribution in [-0.4, -0.2) is 4.98 Å². The Bertz CT molecular complexity index is 418. The largest absolute Gasteiger partial charge is 0.441 e. The van der Waals surface area contributed by atoms with E-state index in [4.69, 9.17) is 4.42 Å². The molecule has 66 valence electrons. The van der Waals surface area contributed by atoms with Gasteiger partial charge in [0.15, 0.2) is 11.7 Å². The molecule has 0 spiro atoms. The summed E-state index contributed by atoms with van der Waals surface area (Å²) in [5, 5.41) is 0. The van der Waals surface area contributed by atoms with Crippen molar-refractivity contribution in [3.8, 4) is 11.3 Å². The Morgan fingerprint density at radius 1 is 1.23 bits per heavy atom. The van der Waals surface area contributed by atoms with Crippen LogP contribution in [0.5, 0.6) is 0 Å². The summed E-state index contributed by atoms with van der Waals surface area (Å²) in [5.41, 5.74) is 2.31. The molecule has 1 aromatic carbocycles. The maximum Gasteiger partial charge on any atom is 0.191 e. The minimum absolute atomic E-state index is 0.705. The van der Waals surface area contributed by atoms with Crippen LogP contribution in [0.25, 0.3) is 11.3 Å². The number of hydrogen-bond acceptors (Lipinski definition) is 2. The maximum absolute atomic E-state index is 5.41. The van der Waals surface area contributed by atoms with Gasteiger partial charge in [-0.05, 0) is 13.0 Å². The van der Waals surface area contributed by atoms with Crippen LogP contribution in [0.4, 0.5) is 0 Å². The highest BCUT2D eigenvalue weighted by Crippen LogP contribution is 2.20. The van der Waals surface area contributed by atoms with Crippen molar-refractivity contribution in [3.05, 3.63) is 41.9 Å². The number of benzene rings is 1. The standard InChI is InChI=1S/C11H11NO/c1-8-4-3-5-10(6-8)11-7-12-9(2)13-11/h3-7H,1-2H3. The molecule has 0 saturated carbocycles.